The molecule has 0 fully saturated rings. The minimum Gasteiger partial charge on any atom is -0.481 e. The molecule has 30 heteroatoms. The molecule has 3 aromatic rings. The molecule has 6 N–H and O–H groups in total. The number of ether oxygens (including phenoxy) is 5. The third kappa shape index (κ3) is 30.7. The molecule has 0 spiro atoms. The maximum Gasteiger partial charge on any atom is 0.490 e. The minimum atomic E-state index is -5.08. The lowest BCUT2D eigenvalue weighted by Gasteiger charge is -2.41. The summed E-state index contributed by atoms with van der Waals surface area (Å²) < 4.78 is 91.2. The Balaban J connectivity index is 0.00000278. The van der Waals surface area contributed by atoms with Gasteiger partial charge >= 0.3 is 24.2 Å². The van der Waals surface area contributed by atoms with Crippen molar-refractivity contribution in [3.05, 3.63) is 95.8 Å². The van der Waals surface area contributed by atoms with Crippen LogP contribution in [0.1, 0.15) is 63.8 Å². The molecular formula is C59H82F5N7O16SSi. The molecule has 494 valence electrons. The van der Waals surface area contributed by atoms with Crippen LogP contribution in [0.3, 0.4) is 0 Å². The number of aliphatic carboxylic acids is 2. The number of carbonyl (C=O) groups excluding carboxylic acids is 7. The Hall–Kier alpha value is -7.25. The first-order valence-electron chi connectivity index (χ1n) is 28.6. The normalized spacial score (nSPS) is 13.0. The lowest BCUT2D eigenvalue weighted by molar-refractivity contribution is -0.192. The van der Waals surface area contributed by atoms with E-state index in [1.807, 2.05) is 55.7 Å². The summed E-state index contributed by atoms with van der Waals surface area (Å²) in [5, 5.41) is 27.0. The van der Waals surface area contributed by atoms with Crippen molar-refractivity contribution in [1.82, 2.24) is 35.6 Å². The summed E-state index contributed by atoms with van der Waals surface area (Å²) in [5.41, 5.74) is 1.33. The quantitative estimate of drug-likeness (QED) is 0.0161. The molecule has 0 radical (unpaired) electrons. The molecular weight excluding hydrogens is 1220 g/mol. The number of imide groups is 1. The van der Waals surface area contributed by atoms with Gasteiger partial charge in [-0.2, -0.15) is 13.2 Å². The van der Waals surface area contributed by atoms with Crippen LogP contribution >= 0.6 is 11.8 Å². The van der Waals surface area contributed by atoms with Gasteiger partial charge in [-0.25, -0.2) is 18.4 Å². The second-order valence-corrected chi connectivity index (χ2v) is 29.0. The number of rotatable bonds is 39. The summed E-state index contributed by atoms with van der Waals surface area (Å²) in [7, 11) is -1.46. The van der Waals surface area contributed by atoms with Crippen molar-refractivity contribution in [3.63, 3.8) is 0 Å². The fourth-order valence-corrected chi connectivity index (χ4v) is 9.95. The highest BCUT2D eigenvalue weighted by molar-refractivity contribution is 8.00. The van der Waals surface area contributed by atoms with Gasteiger partial charge in [-0.1, -0.05) is 70.7 Å². The van der Waals surface area contributed by atoms with Gasteiger partial charge in [0.25, 0.3) is 11.8 Å². The average molecular weight is 1300 g/mol. The smallest absolute Gasteiger partial charge is 0.481 e. The summed E-state index contributed by atoms with van der Waals surface area (Å²) >= 11 is 1.09. The minimum absolute atomic E-state index is 0.00158. The molecule has 7 amide bonds. The SMILES string of the molecule is CC(C)(C)[C@H](c1cc(-c2cc(F)ccc2F)cn1Cc1ccccc1)N(CCCNC(=O)OCC[Si](C)(C)C)C(=O)CSC[C@H](NC(=O)CCOCCOCCOCCOCCNC(=O)CCN1C(=O)C=CC1=O)C(=O)NCCC(=O)O.O=C(O)C(F)(F)F. The highest BCUT2D eigenvalue weighted by atomic mass is 32.2. The summed E-state index contributed by atoms with van der Waals surface area (Å²) in [4.78, 5) is 112. The largest absolute Gasteiger partial charge is 0.490 e. The van der Waals surface area contributed by atoms with Gasteiger partial charge in [-0.05, 0) is 47.7 Å². The topological polar surface area (TPSA) is 300 Å². The number of carboxylic acid groups (broad SMARTS) is 2. The van der Waals surface area contributed by atoms with E-state index in [4.69, 9.17) is 33.6 Å². The Bertz CT molecular complexity index is 2800. The van der Waals surface area contributed by atoms with Crippen LogP contribution in [0.4, 0.5) is 26.7 Å². The fourth-order valence-electron chi connectivity index (χ4n) is 8.31. The lowest BCUT2D eigenvalue weighted by atomic mass is 9.83. The number of halogens is 5. The molecule has 1 aliphatic heterocycles. The molecule has 1 aromatic heterocycles. The van der Waals surface area contributed by atoms with E-state index in [0.717, 1.165) is 58.6 Å². The standard InChI is InChI=1S/C57H81F2N7O14SSi.C2HF3O2/c1-57(2,3)54(47-35-42(44-36-43(58)13-14-45(44)59)38-64(47)37-41-11-8-7-9-12-41)66(23-10-20-62-56(75)80-33-34-82(4,5)6)52(71)40-81-39-46(55(74)61-21-17-53(72)73)63-49(68)19-25-76-27-29-78-31-32-79-30-28-77-26-22-60-48(67)18-24-65-50(69)15-16-51(65)70;3-2(4,5)1(6)7/h7-9,11-16,35-36,38,46,54H,10,17-34,37,39-40H2,1-6H3,(H,60,67)(H,61,74)(H,62,75)(H,63,68)(H,72,73);(H,6,7)/t46-,54-;/m0./s1. The van der Waals surface area contributed by atoms with Gasteiger partial charge in [0.15, 0.2) is 0 Å². The molecule has 2 aromatic carbocycles. The van der Waals surface area contributed by atoms with E-state index in [2.05, 4.69) is 40.9 Å². The number of alkyl halides is 3. The first-order valence-corrected chi connectivity index (χ1v) is 33.5. The highest BCUT2D eigenvalue weighted by Gasteiger charge is 2.39. The number of carbonyl (C=O) groups is 9. The zero-order chi connectivity index (χ0) is 66.2. The molecule has 0 aliphatic carbocycles. The summed E-state index contributed by atoms with van der Waals surface area (Å²) in [6, 6.07) is 13.5. The second-order valence-electron chi connectivity index (χ2n) is 22.3. The maximum atomic E-state index is 15.4. The second kappa shape index (κ2) is 39.0. The number of nitrogens with one attached hydrogen (secondary N) is 4. The number of carboxylic acids is 2. The van der Waals surface area contributed by atoms with E-state index in [1.165, 1.54) is 0 Å². The van der Waals surface area contributed by atoms with Crippen LogP contribution in [0.25, 0.3) is 11.1 Å². The maximum absolute atomic E-state index is 15.4. The van der Waals surface area contributed by atoms with E-state index in [0.29, 0.717) is 24.2 Å². The predicted molar refractivity (Wildman–Crippen MR) is 321 cm³/mol. The first-order chi connectivity index (χ1) is 42.0. The van der Waals surface area contributed by atoms with Crippen molar-refractivity contribution in [2.24, 2.45) is 5.41 Å². The van der Waals surface area contributed by atoms with Crippen molar-refractivity contribution in [3.8, 4) is 11.1 Å². The lowest BCUT2D eigenvalue weighted by Crippen LogP contribution is -2.49. The van der Waals surface area contributed by atoms with Gasteiger partial charge < -0.3 is 64.6 Å². The Labute approximate surface area is 519 Å². The highest BCUT2D eigenvalue weighted by Crippen LogP contribution is 2.41. The van der Waals surface area contributed by atoms with E-state index >= 15 is 4.39 Å². The Morgan fingerprint density at radius 1 is 0.719 bits per heavy atom. The van der Waals surface area contributed by atoms with Gasteiger partial charge in [0.1, 0.15) is 17.7 Å². The van der Waals surface area contributed by atoms with Crippen molar-refractivity contribution in [2.45, 2.75) is 96.9 Å². The molecule has 2 heterocycles. The number of aromatic nitrogens is 1. The zero-order valence-corrected chi connectivity index (χ0v) is 52.7. The summed E-state index contributed by atoms with van der Waals surface area (Å²) in [6.07, 6.45) is -1.77. The molecule has 23 nitrogen and oxygen atoms in total. The third-order valence-electron chi connectivity index (χ3n) is 12.7. The third-order valence-corrected chi connectivity index (χ3v) is 15.4. The molecule has 0 saturated heterocycles. The van der Waals surface area contributed by atoms with Gasteiger partial charge in [-0.3, -0.25) is 38.5 Å². The number of hydrogen-bond donors (Lipinski definition) is 6. The van der Waals surface area contributed by atoms with Crippen molar-refractivity contribution in [2.75, 3.05) is 104 Å². The summed E-state index contributed by atoms with van der Waals surface area (Å²) in [5.74, 6) is -8.09. The van der Waals surface area contributed by atoms with Crippen molar-refractivity contribution >= 4 is 73.3 Å². The molecule has 0 bridgehead atoms. The number of hydrogen-bond acceptors (Lipinski definition) is 15. The Morgan fingerprint density at radius 2 is 1.33 bits per heavy atom. The van der Waals surface area contributed by atoms with E-state index in [9.17, 15) is 61.0 Å². The van der Waals surface area contributed by atoms with Gasteiger partial charge in [0, 0.05) is 101 Å². The first kappa shape index (κ1) is 76.0. The average Bonchev–Trinajstić information content (AvgIpc) is 3.48. The molecule has 2 atom stereocenters. The van der Waals surface area contributed by atoms with Crippen LogP contribution in [-0.2, 0) is 68.6 Å². The molecule has 0 unspecified atom stereocenters. The van der Waals surface area contributed by atoms with Crippen LogP contribution in [0.2, 0.25) is 25.7 Å². The molecule has 0 saturated carbocycles. The van der Waals surface area contributed by atoms with Crippen LogP contribution in [0.5, 0.6) is 0 Å². The predicted octanol–water partition coefficient (Wildman–Crippen LogP) is 6.18. The van der Waals surface area contributed by atoms with Gasteiger partial charge in [-0.15, -0.1) is 11.8 Å². The van der Waals surface area contributed by atoms with Crippen LogP contribution in [0.15, 0.2) is 72.9 Å². The number of alkyl carbamates (subject to hydrolysis) is 1. The van der Waals surface area contributed by atoms with Crippen LogP contribution in [-0.4, -0.2) is 202 Å². The molecule has 4 rings (SSSR count). The monoisotopic (exact) mass is 1300 g/mol. The Morgan fingerprint density at radius 3 is 1.91 bits per heavy atom. The van der Waals surface area contributed by atoms with Crippen LogP contribution in [0, 0.1) is 17.0 Å². The van der Waals surface area contributed by atoms with Crippen molar-refractivity contribution < 1.29 is 99.0 Å². The fraction of sp³-hybridized carbons (Fsp3) is 0.542. The Kier molecular flexibility index (Phi) is 33.3. The van der Waals surface area contributed by atoms with Gasteiger partial charge in [0.05, 0.1) is 77.7 Å². The number of benzene rings is 2. The van der Waals surface area contributed by atoms with E-state index in [-0.39, 0.29) is 140 Å². The zero-order valence-electron chi connectivity index (χ0n) is 50.9. The van der Waals surface area contributed by atoms with Crippen molar-refractivity contribution in [1.29, 1.82) is 0 Å². The molecule has 89 heavy (non-hydrogen) atoms. The number of nitrogens with zero attached hydrogens (tertiary/aromatic N) is 3. The van der Waals surface area contributed by atoms with Crippen LogP contribution < -0.4 is 21.3 Å². The molecule has 1 aliphatic rings. The van der Waals surface area contributed by atoms with E-state index in [1.54, 1.807) is 17.2 Å². The number of thioether (sulfide) groups is 1. The number of amides is 7. The van der Waals surface area contributed by atoms with Gasteiger partial charge in [0.2, 0.25) is 23.6 Å². The summed E-state index contributed by atoms with van der Waals surface area (Å²) in [6.45, 7) is 15.1. The van der Waals surface area contributed by atoms with E-state index < -0.39 is 85.0 Å².